The fraction of sp³-hybridized carbons (Fsp3) is 0.900. The van der Waals surface area contributed by atoms with E-state index in [0.29, 0.717) is 12.6 Å². The zero-order chi connectivity index (χ0) is 10.4. The molecule has 0 amide bonds. The highest BCUT2D eigenvalue weighted by molar-refractivity contribution is 4.86. The highest BCUT2D eigenvalue weighted by atomic mass is 16.5. The first-order valence-electron chi connectivity index (χ1n) is 5.06. The van der Waals surface area contributed by atoms with Crippen LogP contribution in [0.2, 0.25) is 0 Å². The smallest absolute Gasteiger partial charge is 0.0866 e. The predicted octanol–water partition coefficient (Wildman–Crippen LogP) is 0.162. The molecule has 0 bridgehead atoms. The van der Waals surface area contributed by atoms with Gasteiger partial charge in [0.05, 0.1) is 19.2 Å². The summed E-state index contributed by atoms with van der Waals surface area (Å²) in [6.07, 6.45) is 1.17. The molecular weight excluding hydrogens is 178 g/mol. The molecule has 1 atom stereocenters. The summed E-state index contributed by atoms with van der Waals surface area (Å²) in [5.41, 5.74) is 0. The summed E-state index contributed by atoms with van der Waals surface area (Å²) >= 11 is 0. The van der Waals surface area contributed by atoms with Gasteiger partial charge in [0.1, 0.15) is 0 Å². The second-order valence-corrected chi connectivity index (χ2v) is 3.81. The van der Waals surface area contributed by atoms with Gasteiger partial charge in [-0.3, -0.25) is 9.80 Å². The fourth-order valence-corrected chi connectivity index (χ4v) is 1.84. The van der Waals surface area contributed by atoms with Gasteiger partial charge in [0.2, 0.25) is 0 Å². The monoisotopic (exact) mass is 197 g/mol. The van der Waals surface area contributed by atoms with Crippen LogP contribution in [-0.2, 0) is 4.74 Å². The van der Waals surface area contributed by atoms with Crippen molar-refractivity contribution in [1.82, 2.24) is 9.80 Å². The first-order valence-corrected chi connectivity index (χ1v) is 5.06. The zero-order valence-corrected chi connectivity index (χ0v) is 9.07. The normalized spacial score (nSPS) is 22.9. The van der Waals surface area contributed by atoms with Crippen molar-refractivity contribution in [3.63, 3.8) is 0 Å². The van der Waals surface area contributed by atoms with E-state index in [1.807, 2.05) is 7.05 Å². The molecule has 0 aromatic rings. The maximum atomic E-state index is 8.58. The van der Waals surface area contributed by atoms with E-state index in [9.17, 15) is 0 Å². The Morgan fingerprint density at radius 3 is 3.07 bits per heavy atom. The van der Waals surface area contributed by atoms with Crippen molar-refractivity contribution in [3.8, 4) is 6.07 Å². The third-order valence-electron chi connectivity index (χ3n) is 2.80. The molecule has 4 nitrogen and oxygen atoms in total. The minimum absolute atomic E-state index is 0.531. The van der Waals surface area contributed by atoms with Crippen LogP contribution in [0.25, 0.3) is 0 Å². The Hall–Kier alpha value is -0.630. The third kappa shape index (κ3) is 3.26. The summed E-state index contributed by atoms with van der Waals surface area (Å²) in [6.45, 7) is 4.54. The summed E-state index contributed by atoms with van der Waals surface area (Å²) in [7, 11) is 3.75. The molecule has 4 heteroatoms. The third-order valence-corrected chi connectivity index (χ3v) is 2.80. The highest BCUT2D eigenvalue weighted by Gasteiger charge is 2.24. The van der Waals surface area contributed by atoms with Crippen molar-refractivity contribution < 1.29 is 4.74 Å². The summed E-state index contributed by atoms with van der Waals surface area (Å²) < 4.78 is 5.04. The van der Waals surface area contributed by atoms with E-state index in [0.717, 1.165) is 26.2 Å². The van der Waals surface area contributed by atoms with Crippen molar-refractivity contribution in [2.75, 3.05) is 46.9 Å². The molecule has 1 unspecified atom stereocenters. The van der Waals surface area contributed by atoms with Crippen LogP contribution in [0, 0.1) is 11.3 Å². The lowest BCUT2D eigenvalue weighted by molar-refractivity contribution is 0.155. The molecule has 0 aromatic heterocycles. The number of rotatable bonds is 5. The van der Waals surface area contributed by atoms with Gasteiger partial charge in [-0.05, 0) is 20.0 Å². The molecule has 14 heavy (non-hydrogen) atoms. The SMILES string of the molecule is COCCN1CCC(N(C)CC#N)C1. The van der Waals surface area contributed by atoms with Gasteiger partial charge in [-0.15, -0.1) is 0 Å². The molecule has 1 aliphatic heterocycles. The quantitative estimate of drug-likeness (QED) is 0.589. The van der Waals surface area contributed by atoms with Gasteiger partial charge in [0, 0.05) is 26.2 Å². The fourth-order valence-electron chi connectivity index (χ4n) is 1.84. The van der Waals surface area contributed by atoms with E-state index in [2.05, 4.69) is 15.9 Å². The van der Waals surface area contributed by atoms with Crippen LogP contribution in [0.15, 0.2) is 0 Å². The molecule has 0 saturated carbocycles. The van der Waals surface area contributed by atoms with Crippen molar-refractivity contribution >= 4 is 0 Å². The number of methoxy groups -OCH3 is 1. The van der Waals surface area contributed by atoms with Crippen LogP contribution < -0.4 is 0 Å². The van der Waals surface area contributed by atoms with E-state index >= 15 is 0 Å². The van der Waals surface area contributed by atoms with Gasteiger partial charge in [-0.1, -0.05) is 0 Å². The molecule has 1 rings (SSSR count). The Morgan fingerprint density at radius 1 is 1.64 bits per heavy atom. The van der Waals surface area contributed by atoms with Crippen molar-refractivity contribution in [1.29, 1.82) is 5.26 Å². The van der Waals surface area contributed by atoms with Crippen LogP contribution in [0.5, 0.6) is 0 Å². The van der Waals surface area contributed by atoms with E-state index in [1.165, 1.54) is 6.42 Å². The highest BCUT2D eigenvalue weighted by Crippen LogP contribution is 2.13. The van der Waals surface area contributed by atoms with Crippen LogP contribution in [0.1, 0.15) is 6.42 Å². The average Bonchev–Trinajstić information content (AvgIpc) is 2.63. The second kappa shape index (κ2) is 5.97. The van der Waals surface area contributed by atoms with Crippen molar-refractivity contribution in [2.24, 2.45) is 0 Å². The Balaban J connectivity index is 2.23. The molecule has 0 spiro atoms. The summed E-state index contributed by atoms with van der Waals surface area (Å²) in [5.74, 6) is 0. The number of hydrogen-bond donors (Lipinski definition) is 0. The van der Waals surface area contributed by atoms with Crippen molar-refractivity contribution in [2.45, 2.75) is 12.5 Å². The van der Waals surface area contributed by atoms with Crippen LogP contribution >= 0.6 is 0 Å². The van der Waals surface area contributed by atoms with Gasteiger partial charge in [0.25, 0.3) is 0 Å². The van der Waals surface area contributed by atoms with E-state index in [1.54, 1.807) is 7.11 Å². The Bertz CT molecular complexity index is 202. The lowest BCUT2D eigenvalue weighted by atomic mass is 10.2. The average molecular weight is 197 g/mol. The molecule has 0 N–H and O–H groups in total. The molecule has 1 heterocycles. The molecule has 0 aromatic carbocycles. The number of nitriles is 1. The minimum atomic E-state index is 0.531. The summed E-state index contributed by atoms with van der Waals surface area (Å²) in [4.78, 5) is 4.52. The van der Waals surface area contributed by atoms with Gasteiger partial charge in [0.15, 0.2) is 0 Å². The Kier molecular flexibility index (Phi) is 4.88. The standard InChI is InChI=1S/C10H19N3O/c1-12(6-4-11)10-3-5-13(9-10)7-8-14-2/h10H,3,5-9H2,1-2H3. The topological polar surface area (TPSA) is 39.5 Å². The molecule has 0 radical (unpaired) electrons. The predicted molar refractivity (Wildman–Crippen MR) is 55.0 cm³/mol. The van der Waals surface area contributed by atoms with Gasteiger partial charge >= 0.3 is 0 Å². The lowest BCUT2D eigenvalue weighted by Gasteiger charge is -2.21. The number of likely N-dealkylation sites (tertiary alicyclic amines) is 1. The van der Waals surface area contributed by atoms with Crippen LogP contribution in [0.3, 0.4) is 0 Å². The largest absolute Gasteiger partial charge is 0.383 e. The number of likely N-dealkylation sites (N-methyl/N-ethyl adjacent to an activating group) is 1. The zero-order valence-electron chi connectivity index (χ0n) is 9.07. The number of ether oxygens (including phenoxy) is 1. The number of hydrogen-bond acceptors (Lipinski definition) is 4. The van der Waals surface area contributed by atoms with Gasteiger partial charge in [-0.2, -0.15) is 5.26 Å². The van der Waals surface area contributed by atoms with E-state index < -0.39 is 0 Å². The minimum Gasteiger partial charge on any atom is -0.383 e. The second-order valence-electron chi connectivity index (χ2n) is 3.81. The molecule has 1 fully saturated rings. The summed E-state index contributed by atoms with van der Waals surface area (Å²) in [5, 5.41) is 8.58. The van der Waals surface area contributed by atoms with Crippen molar-refractivity contribution in [3.05, 3.63) is 0 Å². The van der Waals surface area contributed by atoms with E-state index in [-0.39, 0.29) is 0 Å². The Labute approximate surface area is 86.0 Å². The molecule has 1 aliphatic rings. The molecule has 1 saturated heterocycles. The molecule has 0 aliphatic carbocycles. The molecular formula is C10H19N3O. The first kappa shape index (κ1) is 11.4. The Morgan fingerprint density at radius 2 is 2.43 bits per heavy atom. The van der Waals surface area contributed by atoms with Crippen LogP contribution in [0.4, 0.5) is 0 Å². The molecule has 80 valence electrons. The maximum Gasteiger partial charge on any atom is 0.0866 e. The maximum absolute atomic E-state index is 8.58. The van der Waals surface area contributed by atoms with Gasteiger partial charge in [-0.25, -0.2) is 0 Å². The first-order chi connectivity index (χ1) is 6.77. The summed E-state index contributed by atoms with van der Waals surface area (Å²) in [6, 6.07) is 2.73. The lowest BCUT2D eigenvalue weighted by Crippen LogP contribution is -2.35. The van der Waals surface area contributed by atoms with E-state index in [4.69, 9.17) is 10.00 Å². The van der Waals surface area contributed by atoms with Crippen LogP contribution in [-0.4, -0.2) is 62.8 Å². The number of nitrogens with zero attached hydrogens (tertiary/aromatic N) is 3. The van der Waals surface area contributed by atoms with Gasteiger partial charge < -0.3 is 4.74 Å².